The second-order valence-electron chi connectivity index (χ2n) is 2.66. The minimum atomic E-state index is -4.92. The molecule has 1 aromatic rings. The van der Waals surface area contributed by atoms with E-state index in [1.54, 1.807) is 0 Å². The van der Waals surface area contributed by atoms with Gasteiger partial charge in [-0.2, -0.15) is 0 Å². The first kappa shape index (κ1) is 12.1. The predicted molar refractivity (Wildman–Crippen MR) is 50.1 cm³/mol. The van der Waals surface area contributed by atoms with Crippen molar-refractivity contribution in [3.8, 4) is 5.75 Å². The molecule has 84 valence electrons. The molecule has 0 fully saturated rings. The predicted octanol–water partition coefficient (Wildman–Crippen LogP) is 3.20. The number of rotatable bonds is 2. The monoisotopic (exact) mass is 287 g/mol. The average Bonchev–Trinajstić information content (AvgIpc) is 2.07. The molecular weight excluding hydrogens is 282 g/mol. The Hall–Kier alpha value is -0.980. The summed E-state index contributed by atoms with van der Waals surface area (Å²) in [7, 11) is 0. The molecule has 0 amide bonds. The maximum absolute atomic E-state index is 13.0. The minimum absolute atomic E-state index is 0.0684. The highest BCUT2D eigenvalue weighted by Gasteiger charge is 2.32. The number of ether oxygens (including phenoxy) is 1. The van der Waals surface area contributed by atoms with Gasteiger partial charge in [-0.3, -0.25) is 0 Å². The van der Waals surface area contributed by atoms with Crippen LogP contribution in [0.25, 0.3) is 0 Å². The van der Waals surface area contributed by atoms with E-state index in [9.17, 15) is 17.6 Å². The molecule has 0 aliphatic heterocycles. The molecule has 0 aromatic heterocycles. The molecule has 0 saturated carbocycles. The van der Waals surface area contributed by atoms with Gasteiger partial charge in [0.1, 0.15) is 0 Å². The minimum Gasteiger partial charge on any atom is -0.403 e. The molecule has 0 saturated heterocycles. The van der Waals surface area contributed by atoms with Gasteiger partial charge in [0.05, 0.1) is 0 Å². The molecule has 1 rings (SSSR count). The van der Waals surface area contributed by atoms with Gasteiger partial charge in [0.25, 0.3) is 0 Å². The summed E-state index contributed by atoms with van der Waals surface area (Å²) in [6.45, 7) is 0. The van der Waals surface area contributed by atoms with Gasteiger partial charge < -0.3 is 10.5 Å². The summed E-state index contributed by atoms with van der Waals surface area (Å²) in [5.74, 6) is -2.03. The second-order valence-corrected chi connectivity index (χ2v) is 3.22. The van der Waals surface area contributed by atoms with Gasteiger partial charge >= 0.3 is 6.36 Å². The SMILES string of the molecule is Nc1cc(F)c(OC(F)(F)F)cc1CBr. The highest BCUT2D eigenvalue weighted by Crippen LogP contribution is 2.30. The Morgan fingerprint density at radius 1 is 1.33 bits per heavy atom. The van der Waals surface area contributed by atoms with Gasteiger partial charge in [-0.05, 0) is 11.6 Å². The van der Waals surface area contributed by atoms with E-state index in [0.717, 1.165) is 12.1 Å². The molecule has 2 N–H and O–H groups in total. The summed E-state index contributed by atoms with van der Waals surface area (Å²) >= 11 is 3.01. The zero-order valence-electron chi connectivity index (χ0n) is 7.24. The lowest BCUT2D eigenvalue weighted by Gasteiger charge is -2.11. The Balaban J connectivity index is 3.08. The average molecular weight is 288 g/mol. The summed E-state index contributed by atoms with van der Waals surface area (Å²) in [6.07, 6.45) is -4.92. The van der Waals surface area contributed by atoms with Crippen LogP contribution in [0.1, 0.15) is 5.56 Å². The quantitative estimate of drug-likeness (QED) is 0.515. The van der Waals surface area contributed by atoms with Gasteiger partial charge in [-0.25, -0.2) is 4.39 Å². The van der Waals surface area contributed by atoms with Crippen LogP contribution in [-0.4, -0.2) is 6.36 Å². The molecule has 1 aromatic carbocycles. The highest BCUT2D eigenvalue weighted by molar-refractivity contribution is 9.08. The van der Waals surface area contributed by atoms with Crippen molar-refractivity contribution < 1.29 is 22.3 Å². The third-order valence-electron chi connectivity index (χ3n) is 1.56. The van der Waals surface area contributed by atoms with Crippen molar-refractivity contribution in [1.29, 1.82) is 0 Å². The summed E-state index contributed by atoms with van der Waals surface area (Å²) in [4.78, 5) is 0. The van der Waals surface area contributed by atoms with Crippen LogP contribution in [0, 0.1) is 5.82 Å². The van der Waals surface area contributed by atoms with Gasteiger partial charge in [0.2, 0.25) is 0 Å². The Morgan fingerprint density at radius 3 is 2.40 bits per heavy atom. The zero-order valence-corrected chi connectivity index (χ0v) is 8.82. The van der Waals surface area contributed by atoms with E-state index in [0.29, 0.717) is 5.56 Å². The van der Waals surface area contributed by atoms with Crippen LogP contribution in [0.5, 0.6) is 5.75 Å². The largest absolute Gasteiger partial charge is 0.573 e. The fraction of sp³-hybridized carbons (Fsp3) is 0.250. The molecule has 0 unspecified atom stereocenters. The lowest BCUT2D eigenvalue weighted by atomic mass is 10.2. The van der Waals surface area contributed by atoms with Crippen LogP contribution >= 0.6 is 15.9 Å². The van der Waals surface area contributed by atoms with E-state index in [1.807, 2.05) is 0 Å². The third-order valence-corrected chi connectivity index (χ3v) is 2.17. The summed E-state index contributed by atoms with van der Waals surface area (Å²) < 4.78 is 51.9. The molecule has 0 heterocycles. The molecule has 0 spiro atoms. The smallest absolute Gasteiger partial charge is 0.403 e. The Bertz CT molecular complexity index is 366. The van der Waals surface area contributed by atoms with E-state index in [2.05, 4.69) is 20.7 Å². The van der Waals surface area contributed by atoms with Crippen molar-refractivity contribution in [2.45, 2.75) is 11.7 Å². The number of benzene rings is 1. The summed E-state index contributed by atoms with van der Waals surface area (Å²) in [5, 5.41) is 0.216. The third kappa shape index (κ3) is 3.26. The fourth-order valence-electron chi connectivity index (χ4n) is 0.929. The number of halogens is 5. The van der Waals surface area contributed by atoms with Crippen molar-refractivity contribution in [2.75, 3.05) is 5.73 Å². The normalized spacial score (nSPS) is 11.5. The second kappa shape index (κ2) is 4.26. The number of nitrogens with two attached hydrogens (primary N) is 1. The topological polar surface area (TPSA) is 35.2 Å². The van der Waals surface area contributed by atoms with E-state index in [4.69, 9.17) is 5.73 Å². The van der Waals surface area contributed by atoms with E-state index >= 15 is 0 Å². The van der Waals surface area contributed by atoms with Crippen LogP contribution in [0.2, 0.25) is 0 Å². The maximum atomic E-state index is 13.0. The first-order chi connectivity index (χ1) is 6.83. The Labute approximate surface area is 91.1 Å². The standard InChI is InChI=1S/C8H6BrF4NO/c9-3-4-1-7(15-8(11,12)13)5(10)2-6(4)14/h1-2H,3,14H2. The van der Waals surface area contributed by atoms with Crippen LogP contribution in [-0.2, 0) is 5.33 Å². The molecular formula is C8H6BrF4NO. The number of nitrogen functional groups attached to an aromatic ring is 1. The Kier molecular flexibility index (Phi) is 3.43. The fourth-order valence-corrected chi connectivity index (χ4v) is 1.42. The van der Waals surface area contributed by atoms with Crippen molar-refractivity contribution in [3.05, 3.63) is 23.5 Å². The number of anilines is 1. The molecule has 15 heavy (non-hydrogen) atoms. The molecule has 0 aliphatic carbocycles. The Morgan fingerprint density at radius 2 is 1.93 bits per heavy atom. The molecule has 0 atom stereocenters. The van der Waals surface area contributed by atoms with Gasteiger partial charge in [0, 0.05) is 17.1 Å². The first-order valence-electron chi connectivity index (χ1n) is 3.73. The van der Waals surface area contributed by atoms with Crippen molar-refractivity contribution in [2.24, 2.45) is 0 Å². The molecule has 0 radical (unpaired) electrons. The highest BCUT2D eigenvalue weighted by atomic mass is 79.9. The molecule has 0 bridgehead atoms. The van der Waals surface area contributed by atoms with Crippen LogP contribution in [0.15, 0.2) is 12.1 Å². The summed E-state index contributed by atoms with van der Waals surface area (Å²) in [5.41, 5.74) is 5.76. The maximum Gasteiger partial charge on any atom is 0.573 e. The lowest BCUT2D eigenvalue weighted by molar-refractivity contribution is -0.275. The van der Waals surface area contributed by atoms with Gasteiger partial charge in [-0.15, -0.1) is 13.2 Å². The van der Waals surface area contributed by atoms with E-state index in [1.165, 1.54) is 0 Å². The molecule has 0 aliphatic rings. The number of hydrogen-bond acceptors (Lipinski definition) is 2. The van der Waals surface area contributed by atoms with Crippen molar-refractivity contribution in [1.82, 2.24) is 0 Å². The van der Waals surface area contributed by atoms with E-state index < -0.39 is 17.9 Å². The molecule has 2 nitrogen and oxygen atoms in total. The number of hydrogen-bond donors (Lipinski definition) is 1. The van der Waals surface area contributed by atoms with Crippen LogP contribution < -0.4 is 10.5 Å². The lowest BCUT2D eigenvalue weighted by Crippen LogP contribution is -2.18. The van der Waals surface area contributed by atoms with E-state index in [-0.39, 0.29) is 11.0 Å². The van der Waals surface area contributed by atoms with Crippen LogP contribution in [0.3, 0.4) is 0 Å². The summed E-state index contributed by atoms with van der Waals surface area (Å²) in [6, 6.07) is 1.70. The van der Waals surface area contributed by atoms with Crippen molar-refractivity contribution in [3.63, 3.8) is 0 Å². The van der Waals surface area contributed by atoms with Gasteiger partial charge in [-0.1, -0.05) is 15.9 Å². The first-order valence-corrected chi connectivity index (χ1v) is 4.85. The van der Waals surface area contributed by atoms with Crippen molar-refractivity contribution >= 4 is 21.6 Å². The molecule has 7 heteroatoms. The number of alkyl halides is 4. The zero-order chi connectivity index (χ0) is 11.6. The van der Waals surface area contributed by atoms with Gasteiger partial charge in [0.15, 0.2) is 11.6 Å². The van der Waals surface area contributed by atoms with Crippen LogP contribution in [0.4, 0.5) is 23.2 Å².